The Bertz CT molecular complexity index is 474. The Kier molecular flexibility index (Phi) is 4.81. The van der Waals surface area contributed by atoms with E-state index in [1.165, 1.54) is 49.7 Å². The number of aryl methyl sites for hydroxylation is 1. The zero-order valence-corrected chi connectivity index (χ0v) is 13.0. The smallest absolute Gasteiger partial charge is 0.119 e. The molecule has 0 radical (unpaired) electrons. The number of benzene rings is 1. The molecule has 1 aromatic rings. The van der Waals surface area contributed by atoms with Crippen LogP contribution in [0.2, 0.25) is 0 Å². The molecular formula is C18H27NO2. The lowest BCUT2D eigenvalue weighted by atomic mass is 9.87. The molecule has 0 aromatic heterocycles. The highest BCUT2D eigenvalue weighted by molar-refractivity contribution is 5.39. The van der Waals surface area contributed by atoms with Crippen LogP contribution in [0.25, 0.3) is 0 Å². The summed E-state index contributed by atoms with van der Waals surface area (Å²) in [6, 6.07) is 6.93. The Hall–Kier alpha value is -1.06. The van der Waals surface area contributed by atoms with Gasteiger partial charge >= 0.3 is 0 Å². The number of rotatable bonds is 5. The zero-order valence-electron chi connectivity index (χ0n) is 13.0. The molecule has 3 unspecified atom stereocenters. The summed E-state index contributed by atoms with van der Waals surface area (Å²) in [6.45, 7) is 1.38. The second-order valence-electron chi connectivity index (χ2n) is 6.55. The fourth-order valence-corrected chi connectivity index (χ4v) is 4.03. The molecule has 3 atom stereocenters. The number of ether oxygens (including phenoxy) is 1. The molecule has 0 spiro atoms. The predicted molar refractivity (Wildman–Crippen MR) is 84.6 cm³/mol. The lowest BCUT2D eigenvalue weighted by molar-refractivity contribution is 0.189. The molecule has 1 saturated carbocycles. The van der Waals surface area contributed by atoms with Gasteiger partial charge in [0.25, 0.3) is 0 Å². The van der Waals surface area contributed by atoms with E-state index in [1.54, 1.807) is 7.11 Å². The molecule has 3 rings (SSSR count). The van der Waals surface area contributed by atoms with Gasteiger partial charge in [0.2, 0.25) is 0 Å². The first-order valence-corrected chi connectivity index (χ1v) is 8.33. The molecule has 0 heterocycles. The molecule has 21 heavy (non-hydrogen) atoms. The van der Waals surface area contributed by atoms with Gasteiger partial charge in [-0.2, -0.15) is 0 Å². The fraction of sp³-hybridized carbons (Fsp3) is 0.667. The van der Waals surface area contributed by atoms with E-state index < -0.39 is 0 Å². The van der Waals surface area contributed by atoms with Crippen molar-refractivity contribution in [2.75, 3.05) is 20.3 Å². The topological polar surface area (TPSA) is 41.5 Å². The molecule has 1 aromatic carbocycles. The van der Waals surface area contributed by atoms with Gasteiger partial charge in [-0.3, -0.25) is 0 Å². The Morgan fingerprint density at radius 3 is 2.86 bits per heavy atom. The Balaban J connectivity index is 1.67. The normalized spacial score (nSPS) is 28.4. The maximum Gasteiger partial charge on any atom is 0.119 e. The zero-order chi connectivity index (χ0) is 14.7. The van der Waals surface area contributed by atoms with Crippen molar-refractivity contribution in [3.63, 3.8) is 0 Å². The summed E-state index contributed by atoms with van der Waals surface area (Å²) in [7, 11) is 1.73. The summed E-state index contributed by atoms with van der Waals surface area (Å²) in [5.74, 6) is 2.11. The molecule has 2 aliphatic rings. The second kappa shape index (κ2) is 6.80. The van der Waals surface area contributed by atoms with Crippen molar-refractivity contribution in [2.45, 2.75) is 44.6 Å². The molecule has 1 fully saturated rings. The molecular weight excluding hydrogens is 262 g/mol. The van der Waals surface area contributed by atoms with Crippen LogP contribution in [-0.2, 0) is 6.42 Å². The van der Waals surface area contributed by atoms with E-state index in [1.807, 2.05) is 0 Å². The summed E-state index contributed by atoms with van der Waals surface area (Å²) >= 11 is 0. The standard InChI is InChI=1S/C18H27NO2/c1-21-16-9-8-13-4-3-7-18(17(13)10-16)19-11-14-5-2-6-15(14)12-20/h8-10,14-15,18-20H,2-7,11-12H2,1H3. The predicted octanol–water partition coefficient (Wildman–Crippen LogP) is 3.07. The summed E-state index contributed by atoms with van der Waals surface area (Å²) in [5.41, 5.74) is 2.88. The minimum atomic E-state index is 0.349. The highest BCUT2D eigenvalue weighted by atomic mass is 16.5. The second-order valence-corrected chi connectivity index (χ2v) is 6.55. The first-order chi connectivity index (χ1) is 10.3. The van der Waals surface area contributed by atoms with Gasteiger partial charge in [0.05, 0.1) is 7.11 Å². The molecule has 0 amide bonds. The summed E-state index contributed by atoms with van der Waals surface area (Å²) < 4.78 is 5.38. The minimum Gasteiger partial charge on any atom is -0.497 e. The maximum atomic E-state index is 9.46. The number of aliphatic hydroxyl groups is 1. The number of hydrogen-bond donors (Lipinski definition) is 2. The molecule has 0 saturated heterocycles. The van der Waals surface area contributed by atoms with E-state index in [2.05, 4.69) is 23.5 Å². The van der Waals surface area contributed by atoms with Crippen molar-refractivity contribution in [3.8, 4) is 5.75 Å². The highest BCUT2D eigenvalue weighted by Gasteiger charge is 2.28. The van der Waals surface area contributed by atoms with Crippen molar-refractivity contribution in [2.24, 2.45) is 11.8 Å². The van der Waals surface area contributed by atoms with E-state index >= 15 is 0 Å². The maximum absolute atomic E-state index is 9.46. The van der Waals surface area contributed by atoms with Crippen LogP contribution in [0.3, 0.4) is 0 Å². The van der Waals surface area contributed by atoms with Crippen LogP contribution in [0.5, 0.6) is 5.75 Å². The number of hydrogen-bond acceptors (Lipinski definition) is 3. The van der Waals surface area contributed by atoms with Gasteiger partial charge in [0, 0.05) is 12.6 Å². The third kappa shape index (κ3) is 3.24. The SMILES string of the molecule is COc1ccc2c(c1)C(NCC1CCCC1CO)CCC2. The van der Waals surface area contributed by atoms with Crippen molar-refractivity contribution >= 4 is 0 Å². The van der Waals surface area contributed by atoms with Crippen molar-refractivity contribution in [1.82, 2.24) is 5.32 Å². The number of methoxy groups -OCH3 is 1. The average Bonchev–Trinajstić information content (AvgIpc) is 2.99. The largest absolute Gasteiger partial charge is 0.497 e. The Morgan fingerprint density at radius 2 is 2.05 bits per heavy atom. The lowest BCUT2D eigenvalue weighted by Crippen LogP contribution is -2.32. The van der Waals surface area contributed by atoms with Gasteiger partial charge < -0.3 is 15.2 Å². The minimum absolute atomic E-state index is 0.349. The Labute approximate surface area is 127 Å². The van der Waals surface area contributed by atoms with Crippen molar-refractivity contribution in [1.29, 1.82) is 0 Å². The van der Waals surface area contributed by atoms with E-state index in [0.29, 0.717) is 24.5 Å². The van der Waals surface area contributed by atoms with Crippen LogP contribution in [0.1, 0.15) is 49.3 Å². The molecule has 0 bridgehead atoms. The number of fused-ring (bicyclic) bond motifs is 1. The van der Waals surface area contributed by atoms with E-state index in [-0.39, 0.29) is 0 Å². The van der Waals surface area contributed by atoms with Crippen LogP contribution in [0, 0.1) is 11.8 Å². The van der Waals surface area contributed by atoms with Crippen molar-refractivity contribution in [3.05, 3.63) is 29.3 Å². The van der Waals surface area contributed by atoms with Gasteiger partial charge in [-0.1, -0.05) is 12.5 Å². The summed E-state index contributed by atoms with van der Waals surface area (Å²) in [6.07, 6.45) is 7.36. The molecule has 3 heteroatoms. The van der Waals surface area contributed by atoms with Gasteiger partial charge in [-0.05, 0) is 73.7 Å². The van der Waals surface area contributed by atoms with Crippen LogP contribution in [0.4, 0.5) is 0 Å². The Morgan fingerprint density at radius 1 is 1.19 bits per heavy atom. The van der Waals surface area contributed by atoms with Gasteiger partial charge in [0.15, 0.2) is 0 Å². The molecule has 116 valence electrons. The third-order valence-electron chi connectivity index (χ3n) is 5.34. The van der Waals surface area contributed by atoms with Gasteiger partial charge in [-0.15, -0.1) is 0 Å². The van der Waals surface area contributed by atoms with Crippen molar-refractivity contribution < 1.29 is 9.84 Å². The third-order valence-corrected chi connectivity index (χ3v) is 5.34. The first kappa shape index (κ1) is 14.9. The van der Waals surface area contributed by atoms with Gasteiger partial charge in [0.1, 0.15) is 5.75 Å². The average molecular weight is 289 g/mol. The molecule has 0 aliphatic heterocycles. The van der Waals surface area contributed by atoms with Gasteiger partial charge in [-0.25, -0.2) is 0 Å². The number of nitrogens with one attached hydrogen (secondary N) is 1. The van der Waals surface area contributed by atoms with E-state index in [9.17, 15) is 5.11 Å². The number of aliphatic hydroxyl groups excluding tert-OH is 1. The molecule has 2 N–H and O–H groups in total. The first-order valence-electron chi connectivity index (χ1n) is 8.33. The quantitative estimate of drug-likeness (QED) is 0.875. The lowest BCUT2D eigenvalue weighted by Gasteiger charge is -2.29. The van der Waals surface area contributed by atoms with Crippen LogP contribution in [-0.4, -0.2) is 25.4 Å². The van der Waals surface area contributed by atoms with Crippen LogP contribution in [0.15, 0.2) is 18.2 Å². The van der Waals surface area contributed by atoms with Crippen LogP contribution < -0.4 is 10.1 Å². The van der Waals surface area contributed by atoms with E-state index in [0.717, 1.165) is 12.3 Å². The molecule has 2 aliphatic carbocycles. The summed E-state index contributed by atoms with van der Waals surface area (Å²) in [5, 5.41) is 13.2. The van der Waals surface area contributed by atoms with E-state index in [4.69, 9.17) is 4.74 Å². The fourth-order valence-electron chi connectivity index (χ4n) is 4.03. The summed E-state index contributed by atoms with van der Waals surface area (Å²) in [4.78, 5) is 0. The monoisotopic (exact) mass is 289 g/mol. The molecule has 3 nitrogen and oxygen atoms in total. The van der Waals surface area contributed by atoms with Crippen LogP contribution >= 0.6 is 0 Å². The highest BCUT2D eigenvalue weighted by Crippen LogP contribution is 2.35.